The van der Waals surface area contributed by atoms with E-state index in [4.69, 9.17) is 15.2 Å². The Morgan fingerprint density at radius 3 is 2.56 bits per heavy atom. The van der Waals surface area contributed by atoms with E-state index in [9.17, 15) is 4.79 Å². The number of fused-ring (bicyclic) bond motifs is 2. The van der Waals surface area contributed by atoms with E-state index < -0.39 is 16.4 Å². The summed E-state index contributed by atoms with van der Waals surface area (Å²) in [6.45, 7) is 9.84. The number of hydrogen-bond acceptors (Lipinski definition) is 7. The fourth-order valence-electron chi connectivity index (χ4n) is 14.3. The van der Waals surface area contributed by atoms with Gasteiger partial charge in [0.25, 0.3) is 0 Å². The Labute approximate surface area is 323 Å². The molecule has 8 aliphatic heterocycles. The van der Waals surface area contributed by atoms with Gasteiger partial charge in [-0.25, -0.2) is 4.79 Å². The fourth-order valence-corrected chi connectivity index (χ4v) is 14.3. The third-order valence-corrected chi connectivity index (χ3v) is 16.4. The lowest BCUT2D eigenvalue weighted by Gasteiger charge is -2.69. The molecule has 7 nitrogen and oxygen atoms in total. The molecule has 8 bridgehead atoms. The van der Waals surface area contributed by atoms with Crippen molar-refractivity contribution in [3.63, 3.8) is 0 Å². The third kappa shape index (κ3) is 4.91. The molecule has 3 saturated heterocycles. The van der Waals surface area contributed by atoms with E-state index in [1.54, 1.807) is 0 Å². The number of nitrogens with two attached hydrogens (primary N) is 1. The monoisotopic (exact) mass is 733 g/mol. The first-order chi connectivity index (χ1) is 26.3. The van der Waals surface area contributed by atoms with E-state index in [-0.39, 0.29) is 17.9 Å². The van der Waals surface area contributed by atoms with Crippen LogP contribution in [-0.4, -0.2) is 60.5 Å². The normalized spacial score (nSPS) is 41.6. The van der Waals surface area contributed by atoms with Crippen molar-refractivity contribution in [1.29, 1.82) is 0 Å². The molecule has 290 valence electrons. The molecule has 0 aromatic heterocycles. The van der Waals surface area contributed by atoms with Crippen molar-refractivity contribution in [2.24, 2.45) is 52.1 Å². The second-order valence-corrected chi connectivity index (χ2v) is 19.4. The molecule has 13 rings (SSSR count). The van der Waals surface area contributed by atoms with E-state index in [0.29, 0.717) is 36.3 Å². The van der Waals surface area contributed by atoms with Crippen LogP contribution < -0.4 is 5.73 Å². The van der Waals surface area contributed by atoms with Gasteiger partial charge in [0.1, 0.15) is 11.2 Å². The van der Waals surface area contributed by atoms with Crippen LogP contribution in [0, 0.1) is 46.3 Å². The molecule has 4 aliphatic carbocycles. The Balaban J connectivity index is 1.16. The molecule has 2 spiro atoms. The number of carbonyl (C=O) groups is 2. The molecule has 1 unspecified atom stereocenters. The largest absolute Gasteiger partial charge is 0.449 e. The first-order valence-electron chi connectivity index (χ1n) is 22.2. The molecule has 1 aromatic rings. The smallest absolute Gasteiger partial charge is 0.339 e. The van der Waals surface area contributed by atoms with Gasteiger partial charge < -0.3 is 20.1 Å². The Kier molecular flexibility index (Phi) is 8.78. The maximum atomic E-state index is 15.1. The van der Waals surface area contributed by atoms with Crippen LogP contribution in [-0.2, 0) is 26.3 Å². The van der Waals surface area contributed by atoms with Crippen molar-refractivity contribution in [1.82, 2.24) is 9.80 Å². The Hall–Kier alpha value is -2.90. The van der Waals surface area contributed by atoms with Crippen molar-refractivity contribution in [3.05, 3.63) is 70.1 Å². The minimum Gasteiger partial charge on any atom is -0.449 e. The van der Waals surface area contributed by atoms with Crippen LogP contribution in [0.1, 0.15) is 132 Å². The van der Waals surface area contributed by atoms with Gasteiger partial charge in [-0.05, 0) is 112 Å². The van der Waals surface area contributed by atoms with Gasteiger partial charge in [0, 0.05) is 55.3 Å². The number of piperidine rings is 2. The number of allylic oxidation sites excluding steroid dienone is 2. The number of hydrogen-bond donors (Lipinski definition) is 1. The maximum Gasteiger partial charge on any atom is 0.339 e. The third-order valence-electron chi connectivity index (χ3n) is 16.4. The average molecular weight is 734 g/mol. The first kappa shape index (κ1) is 35.5. The summed E-state index contributed by atoms with van der Waals surface area (Å²) in [4.78, 5) is 35.1. The summed E-state index contributed by atoms with van der Waals surface area (Å²) in [5.74, 6) is 3.44. The molecule has 2 saturated carbocycles. The van der Waals surface area contributed by atoms with E-state index in [2.05, 4.69) is 60.1 Å². The SMILES string of the molecule is CCC[C@@H]1[C@@]2(OC(=O)c3c(CCCN)cccc32)[C@@]23CCC4=C[C@@]12C(=O)O/C3=C/C[C@@H](CCC1CCCC1)N1C[C@@H]2C[C@@H](CN(C2)C2=CC[C@H](C)C[C@@H]42)C1. The number of ether oxygens (including phenoxy) is 2. The number of carbonyl (C=O) groups excluding carboxylic acids is 2. The fraction of sp³-hybridized carbons (Fsp3) is 0.702. The summed E-state index contributed by atoms with van der Waals surface area (Å²) in [7, 11) is 0. The van der Waals surface area contributed by atoms with E-state index >= 15 is 4.79 Å². The molecule has 10 atom stereocenters. The molecule has 5 fully saturated rings. The molecule has 2 N–H and O–H groups in total. The highest BCUT2D eigenvalue weighted by atomic mass is 16.6. The quantitative estimate of drug-likeness (QED) is 0.212. The maximum absolute atomic E-state index is 15.1. The Bertz CT molecular complexity index is 1780. The zero-order valence-corrected chi connectivity index (χ0v) is 33.0. The van der Waals surface area contributed by atoms with E-state index in [1.807, 2.05) is 0 Å². The van der Waals surface area contributed by atoms with Crippen LogP contribution in [0.5, 0.6) is 0 Å². The lowest BCUT2D eigenvalue weighted by Crippen LogP contribution is -2.75. The lowest BCUT2D eigenvalue weighted by atomic mass is 9.31. The second-order valence-electron chi connectivity index (χ2n) is 19.4. The van der Waals surface area contributed by atoms with E-state index in [1.165, 1.54) is 56.2 Å². The average Bonchev–Trinajstić information content (AvgIpc) is 3.86. The van der Waals surface area contributed by atoms with Crippen LogP contribution in [0.4, 0.5) is 0 Å². The zero-order chi connectivity index (χ0) is 36.8. The Morgan fingerprint density at radius 2 is 1.78 bits per heavy atom. The van der Waals surface area contributed by atoms with Gasteiger partial charge in [0.05, 0.1) is 11.0 Å². The minimum absolute atomic E-state index is 0.107. The van der Waals surface area contributed by atoms with Crippen molar-refractivity contribution in [2.45, 2.75) is 128 Å². The van der Waals surface area contributed by atoms with Crippen LogP contribution >= 0.6 is 0 Å². The highest BCUT2D eigenvalue weighted by Gasteiger charge is 2.91. The number of aryl methyl sites for hydroxylation is 1. The van der Waals surface area contributed by atoms with Gasteiger partial charge in [0.15, 0.2) is 5.60 Å². The van der Waals surface area contributed by atoms with Crippen molar-refractivity contribution >= 4 is 11.9 Å². The van der Waals surface area contributed by atoms with Crippen LogP contribution in [0.15, 0.2) is 53.5 Å². The highest BCUT2D eigenvalue weighted by molar-refractivity contribution is 5.99. The number of rotatable bonds is 8. The molecule has 8 heterocycles. The molecule has 1 aromatic carbocycles. The number of nitrogens with zero attached hydrogens (tertiary/aromatic N) is 2. The van der Waals surface area contributed by atoms with Gasteiger partial charge in [-0.2, -0.15) is 0 Å². The van der Waals surface area contributed by atoms with Crippen molar-refractivity contribution in [3.8, 4) is 0 Å². The van der Waals surface area contributed by atoms with Gasteiger partial charge in [0.2, 0.25) is 0 Å². The van der Waals surface area contributed by atoms with E-state index in [0.717, 1.165) is 112 Å². The molecule has 12 aliphatic rings. The predicted octanol–water partition coefficient (Wildman–Crippen LogP) is 8.43. The van der Waals surface area contributed by atoms with Gasteiger partial charge in [-0.1, -0.05) is 81.9 Å². The molecule has 54 heavy (non-hydrogen) atoms. The van der Waals surface area contributed by atoms with Crippen LogP contribution in [0.25, 0.3) is 0 Å². The van der Waals surface area contributed by atoms with Crippen molar-refractivity contribution in [2.75, 3.05) is 32.7 Å². The summed E-state index contributed by atoms with van der Waals surface area (Å²) in [5.41, 5.74) is 9.16. The van der Waals surface area contributed by atoms with Crippen LogP contribution in [0.3, 0.4) is 0 Å². The topological polar surface area (TPSA) is 85.1 Å². The summed E-state index contributed by atoms with van der Waals surface area (Å²) in [6, 6.07) is 6.77. The molecule has 0 amide bonds. The predicted molar refractivity (Wildman–Crippen MR) is 210 cm³/mol. The summed E-state index contributed by atoms with van der Waals surface area (Å²) in [5, 5.41) is 0. The van der Waals surface area contributed by atoms with Crippen LogP contribution in [0.2, 0.25) is 0 Å². The lowest BCUT2D eigenvalue weighted by molar-refractivity contribution is -0.271. The van der Waals surface area contributed by atoms with Gasteiger partial charge in [-0.15, -0.1) is 0 Å². The molecular formula is C47H63N3O4. The number of esters is 2. The number of benzene rings is 1. The standard InChI is InChI=1S/C47H63N3O4/c1-3-8-40-45-25-35-20-21-46(45,47(40)38-13-6-11-34(12-7-22-48)42(38)43(51)54-47)41(53-44(45)52)19-17-36(16-15-31-9-4-5-10-31)49-26-32-24-33(27-49)29-50(28-32)39-18-14-30(2)23-37(35)39/h6,11,13,18-19,25,30-33,36-37,40H,3-5,7-10,12,14-17,20-24,26-29,48H2,1-2H3/b41-19+/t30-,32-,33+,36+,37-,40-,45-,46+,47+/m0/s1. The summed E-state index contributed by atoms with van der Waals surface area (Å²) < 4.78 is 13.8. The van der Waals surface area contributed by atoms with Gasteiger partial charge >= 0.3 is 11.9 Å². The Morgan fingerprint density at radius 1 is 0.963 bits per heavy atom. The second kappa shape index (κ2) is 13.4. The summed E-state index contributed by atoms with van der Waals surface area (Å²) >= 11 is 0. The molecule has 7 heteroatoms. The van der Waals surface area contributed by atoms with Crippen molar-refractivity contribution < 1.29 is 19.1 Å². The molecular weight excluding hydrogens is 671 g/mol. The van der Waals surface area contributed by atoms with Gasteiger partial charge in [-0.3, -0.25) is 9.69 Å². The highest BCUT2D eigenvalue weighted by Crippen LogP contribution is 2.84. The molecule has 0 radical (unpaired) electrons. The summed E-state index contributed by atoms with van der Waals surface area (Å²) in [6.07, 6.45) is 24.8. The first-order valence-corrected chi connectivity index (χ1v) is 22.2. The minimum atomic E-state index is -0.929. The zero-order valence-electron chi connectivity index (χ0n) is 33.0.